The summed E-state index contributed by atoms with van der Waals surface area (Å²) in [7, 11) is 0. The number of alkyl halides is 6. The van der Waals surface area contributed by atoms with Gasteiger partial charge in [-0.05, 0) is 12.1 Å². The smallest absolute Gasteiger partial charge is 0.380 e. The van der Waals surface area contributed by atoms with Crippen molar-refractivity contribution in [3.05, 3.63) is 33.9 Å². The first-order valence-electron chi connectivity index (χ1n) is 6.83. The van der Waals surface area contributed by atoms with Crippen LogP contribution in [0.5, 0.6) is 0 Å². The van der Waals surface area contributed by atoms with E-state index in [-0.39, 0.29) is 18.7 Å². The van der Waals surface area contributed by atoms with Crippen LogP contribution in [-0.2, 0) is 11.0 Å². The molecule has 1 unspecified atom stereocenters. The number of halogens is 6. The molecular formula is C13H11F6N3O3. The normalized spacial score (nSPS) is 18.6. The second-order valence-corrected chi connectivity index (χ2v) is 5.42. The van der Waals surface area contributed by atoms with Gasteiger partial charge < -0.3 is 10.2 Å². The van der Waals surface area contributed by atoms with E-state index >= 15 is 0 Å². The third kappa shape index (κ3) is 4.73. The van der Waals surface area contributed by atoms with E-state index in [0.717, 1.165) is 6.07 Å². The average molecular weight is 371 g/mol. The quantitative estimate of drug-likeness (QED) is 0.501. The van der Waals surface area contributed by atoms with Crippen LogP contribution >= 0.6 is 0 Å². The maximum Gasteiger partial charge on any atom is 0.423 e. The lowest BCUT2D eigenvalue weighted by Crippen LogP contribution is -2.36. The standard InChI is InChI=1S/C13H11F6N3O3/c14-12(15,16)6-21-5-8(4-11(21)23)20-7-1-2-10(22(24)25)9(3-7)13(17,18)19/h1-3,8,20H,4-6H2. The van der Waals surface area contributed by atoms with E-state index in [2.05, 4.69) is 5.32 Å². The van der Waals surface area contributed by atoms with Crippen molar-refractivity contribution in [2.45, 2.75) is 24.8 Å². The molecule has 1 heterocycles. The minimum atomic E-state index is -4.98. The predicted molar refractivity (Wildman–Crippen MR) is 72.8 cm³/mol. The van der Waals surface area contributed by atoms with Crippen molar-refractivity contribution >= 4 is 17.3 Å². The Balaban J connectivity index is 2.16. The summed E-state index contributed by atoms with van der Waals surface area (Å²) in [6, 6.07) is 1.31. The molecule has 6 nitrogen and oxygen atoms in total. The fourth-order valence-electron chi connectivity index (χ4n) is 2.49. The molecule has 1 atom stereocenters. The van der Waals surface area contributed by atoms with E-state index < -0.39 is 47.0 Å². The number of hydrogen-bond acceptors (Lipinski definition) is 4. The van der Waals surface area contributed by atoms with Crippen LogP contribution in [0.2, 0.25) is 0 Å². The second-order valence-electron chi connectivity index (χ2n) is 5.42. The number of amides is 1. The van der Waals surface area contributed by atoms with Gasteiger partial charge in [-0.25, -0.2) is 0 Å². The maximum atomic E-state index is 12.9. The fraction of sp³-hybridized carbons (Fsp3) is 0.462. The van der Waals surface area contributed by atoms with E-state index in [1.54, 1.807) is 0 Å². The fourth-order valence-corrected chi connectivity index (χ4v) is 2.49. The summed E-state index contributed by atoms with van der Waals surface area (Å²) in [6.07, 6.45) is -9.89. The van der Waals surface area contributed by atoms with E-state index in [4.69, 9.17) is 0 Å². The molecule has 1 N–H and O–H groups in total. The van der Waals surface area contributed by atoms with Gasteiger partial charge in [0.25, 0.3) is 5.69 Å². The Morgan fingerprint density at radius 2 is 1.88 bits per heavy atom. The molecule has 0 aromatic heterocycles. The summed E-state index contributed by atoms with van der Waals surface area (Å²) in [4.78, 5) is 21.6. The van der Waals surface area contributed by atoms with Gasteiger partial charge in [-0.15, -0.1) is 0 Å². The van der Waals surface area contributed by atoms with Crippen molar-refractivity contribution in [2.75, 3.05) is 18.4 Å². The first kappa shape index (κ1) is 18.8. The highest BCUT2D eigenvalue weighted by Gasteiger charge is 2.40. The lowest BCUT2D eigenvalue weighted by Gasteiger charge is -2.19. The number of benzene rings is 1. The molecule has 0 aliphatic carbocycles. The number of carbonyl (C=O) groups excluding carboxylic acids is 1. The first-order chi connectivity index (χ1) is 11.4. The number of likely N-dealkylation sites (tertiary alicyclic amines) is 1. The van der Waals surface area contributed by atoms with Gasteiger partial charge in [0.2, 0.25) is 5.91 Å². The first-order valence-corrected chi connectivity index (χ1v) is 6.83. The Hall–Kier alpha value is -2.53. The Kier molecular flexibility index (Phi) is 4.82. The highest BCUT2D eigenvalue weighted by atomic mass is 19.4. The Morgan fingerprint density at radius 1 is 1.24 bits per heavy atom. The SMILES string of the molecule is O=C1CC(Nc2ccc([N+](=O)[O-])c(C(F)(F)F)c2)CN1CC(F)(F)F. The molecule has 138 valence electrons. The van der Waals surface area contributed by atoms with Crippen molar-refractivity contribution in [2.24, 2.45) is 0 Å². The second kappa shape index (κ2) is 6.41. The van der Waals surface area contributed by atoms with Gasteiger partial charge in [-0.2, -0.15) is 26.3 Å². The molecule has 2 rings (SSSR count). The van der Waals surface area contributed by atoms with Crippen LogP contribution in [0.1, 0.15) is 12.0 Å². The molecule has 0 radical (unpaired) electrons. The maximum absolute atomic E-state index is 12.9. The van der Waals surface area contributed by atoms with Gasteiger partial charge >= 0.3 is 12.4 Å². The van der Waals surface area contributed by atoms with Crippen LogP contribution in [-0.4, -0.2) is 41.0 Å². The zero-order valence-corrected chi connectivity index (χ0v) is 12.3. The number of carbonyl (C=O) groups is 1. The number of nitrogens with zero attached hydrogens (tertiary/aromatic N) is 2. The molecule has 1 fully saturated rings. The van der Waals surface area contributed by atoms with Crippen molar-refractivity contribution in [1.82, 2.24) is 4.90 Å². The molecule has 1 amide bonds. The molecule has 1 aliphatic heterocycles. The van der Waals surface area contributed by atoms with Gasteiger partial charge in [-0.3, -0.25) is 14.9 Å². The average Bonchev–Trinajstić information content (AvgIpc) is 2.75. The van der Waals surface area contributed by atoms with Crippen molar-refractivity contribution in [1.29, 1.82) is 0 Å². The van der Waals surface area contributed by atoms with Crippen LogP contribution in [0, 0.1) is 10.1 Å². The summed E-state index contributed by atoms with van der Waals surface area (Å²) in [5.74, 6) is -0.784. The summed E-state index contributed by atoms with van der Waals surface area (Å²) >= 11 is 0. The highest BCUT2D eigenvalue weighted by Crippen LogP contribution is 2.38. The minimum Gasteiger partial charge on any atom is -0.380 e. The van der Waals surface area contributed by atoms with Crippen LogP contribution in [0.4, 0.5) is 37.7 Å². The number of nitrogens with one attached hydrogen (secondary N) is 1. The van der Waals surface area contributed by atoms with Crippen LogP contribution in [0.15, 0.2) is 18.2 Å². The summed E-state index contributed by atoms with van der Waals surface area (Å²) in [5.41, 5.74) is -2.80. The van der Waals surface area contributed by atoms with Crippen LogP contribution in [0.25, 0.3) is 0 Å². The molecule has 1 saturated heterocycles. The number of nitro groups is 1. The van der Waals surface area contributed by atoms with Crippen LogP contribution in [0.3, 0.4) is 0 Å². The molecule has 0 bridgehead atoms. The largest absolute Gasteiger partial charge is 0.423 e. The molecule has 0 spiro atoms. The van der Waals surface area contributed by atoms with E-state index in [1.807, 2.05) is 0 Å². The number of rotatable bonds is 4. The third-order valence-corrected chi connectivity index (χ3v) is 3.45. The lowest BCUT2D eigenvalue weighted by atomic mass is 10.1. The molecule has 1 aromatic rings. The van der Waals surface area contributed by atoms with E-state index in [0.29, 0.717) is 17.0 Å². The molecule has 0 saturated carbocycles. The lowest BCUT2D eigenvalue weighted by molar-refractivity contribution is -0.388. The Morgan fingerprint density at radius 3 is 2.40 bits per heavy atom. The zero-order chi connectivity index (χ0) is 19.0. The van der Waals surface area contributed by atoms with Gasteiger partial charge in [0.1, 0.15) is 12.1 Å². The highest BCUT2D eigenvalue weighted by molar-refractivity contribution is 5.80. The number of hydrogen-bond donors (Lipinski definition) is 1. The minimum absolute atomic E-state index is 0.176. The Bertz CT molecular complexity index is 689. The summed E-state index contributed by atoms with van der Waals surface area (Å²) in [5, 5.41) is 13.2. The van der Waals surface area contributed by atoms with Crippen molar-refractivity contribution in [3.63, 3.8) is 0 Å². The molecule has 1 aliphatic rings. The monoisotopic (exact) mass is 371 g/mol. The predicted octanol–water partition coefficient (Wildman–Crippen LogP) is 3.19. The van der Waals surface area contributed by atoms with Crippen LogP contribution < -0.4 is 5.32 Å². The zero-order valence-electron chi connectivity index (χ0n) is 12.3. The van der Waals surface area contributed by atoms with Gasteiger partial charge in [-0.1, -0.05) is 0 Å². The molecule has 25 heavy (non-hydrogen) atoms. The summed E-state index contributed by atoms with van der Waals surface area (Å²) < 4.78 is 75.7. The molecule has 12 heteroatoms. The topological polar surface area (TPSA) is 75.5 Å². The van der Waals surface area contributed by atoms with Gasteiger partial charge in [0, 0.05) is 24.7 Å². The molecule has 1 aromatic carbocycles. The van der Waals surface area contributed by atoms with Gasteiger partial charge in [0.15, 0.2) is 0 Å². The van der Waals surface area contributed by atoms with Gasteiger partial charge in [0.05, 0.1) is 11.0 Å². The van der Waals surface area contributed by atoms with E-state index in [9.17, 15) is 41.3 Å². The number of anilines is 1. The van der Waals surface area contributed by atoms with Crippen molar-refractivity contribution in [3.8, 4) is 0 Å². The summed E-state index contributed by atoms with van der Waals surface area (Å²) in [6.45, 7) is -1.78. The third-order valence-electron chi connectivity index (χ3n) is 3.45. The molecular weight excluding hydrogens is 360 g/mol. The number of nitro benzene ring substituents is 1. The Labute approximate surface area is 136 Å². The van der Waals surface area contributed by atoms with E-state index in [1.165, 1.54) is 0 Å². The van der Waals surface area contributed by atoms with Crippen molar-refractivity contribution < 1.29 is 36.1 Å².